The Bertz CT molecular complexity index is 159. The third kappa shape index (κ3) is 12.0. The van der Waals surface area contributed by atoms with Gasteiger partial charge in [-0.1, -0.05) is 0 Å². The van der Waals surface area contributed by atoms with Crippen molar-refractivity contribution in [3.05, 3.63) is 0 Å². The molecule has 0 amide bonds. The van der Waals surface area contributed by atoms with Gasteiger partial charge in [-0.05, 0) is 19.0 Å². The van der Waals surface area contributed by atoms with E-state index in [9.17, 15) is 0 Å². The summed E-state index contributed by atoms with van der Waals surface area (Å²) in [7, 11) is -0.977. The highest BCUT2D eigenvalue weighted by atomic mass is 28.4. The molecule has 2 N–H and O–H groups in total. The monoisotopic (exact) mass is 228 g/mol. The zero-order chi connectivity index (χ0) is 12.3. The van der Waals surface area contributed by atoms with E-state index in [4.69, 9.17) is 17.1 Å². The van der Waals surface area contributed by atoms with Crippen molar-refractivity contribution in [3.63, 3.8) is 0 Å². The van der Waals surface area contributed by atoms with Crippen LogP contribution in [0.15, 0.2) is 0 Å². The fourth-order valence-electron chi connectivity index (χ4n) is 0.814. The van der Waals surface area contributed by atoms with Crippen LogP contribution in [0.3, 0.4) is 0 Å². The summed E-state index contributed by atoms with van der Waals surface area (Å²) in [5, 5.41) is 0. The number of rotatable bonds is 11. The fourth-order valence-corrected chi connectivity index (χ4v) is 1.60. The fraction of sp³-hybridized carbons (Fsp3) is 1.00. The highest BCUT2D eigenvalue weighted by Crippen LogP contribution is 2.03. The average Bonchev–Trinajstić information content (AvgIpc) is 2.32. The van der Waals surface area contributed by atoms with Gasteiger partial charge in [-0.2, -0.15) is 0 Å². The van der Waals surface area contributed by atoms with Crippen molar-refractivity contribution in [1.29, 1.82) is 2.86 Å². The van der Waals surface area contributed by atoms with Crippen LogP contribution in [0.2, 0.25) is 12.6 Å². The normalized spacial score (nSPS) is 13.9. The van der Waals surface area contributed by atoms with E-state index in [2.05, 4.69) is 9.60 Å². The number of methoxy groups -OCH3 is 1. The van der Waals surface area contributed by atoms with E-state index in [1.165, 1.54) is 0 Å². The predicted molar refractivity (Wildman–Crippen MR) is 54.1 cm³/mol. The molecule has 86 valence electrons. The maximum absolute atomic E-state index is 6.79. The second kappa shape index (κ2) is 8.34. The van der Waals surface area contributed by atoms with E-state index in [0.29, 0.717) is 32.3 Å². The molecular weight excluding hydrogens is 204 g/mol. The van der Waals surface area contributed by atoms with E-state index in [1.807, 2.05) is 0 Å². The van der Waals surface area contributed by atoms with E-state index < -0.39 is 8.56 Å². The van der Waals surface area contributed by atoms with Crippen LogP contribution < -0.4 is 0 Å². The summed E-state index contributed by atoms with van der Waals surface area (Å²) in [5.41, 5.74) is 0. The molecule has 0 saturated carbocycles. The first-order valence-corrected chi connectivity index (χ1v) is 7.14. The molecule has 0 aromatic heterocycles. The Balaban J connectivity index is 3.26. The number of ether oxygens (including phenoxy) is 3. The molecule has 0 spiro atoms. The molecule has 0 aliphatic rings. The molecule has 0 aliphatic heterocycles. The molecule has 0 bridgehead atoms. The molecule has 0 fully saturated rings. The van der Waals surface area contributed by atoms with Crippen LogP contribution in [0.4, 0.5) is 0 Å². The minimum atomic E-state index is -2.59. The quantitative estimate of drug-likeness (QED) is 0.297. The zero-order valence-electron chi connectivity index (χ0n) is 10.8. The first-order valence-electron chi connectivity index (χ1n) is 5.43. The Kier molecular flexibility index (Phi) is 6.27. The molecule has 0 aromatic carbocycles. The van der Waals surface area contributed by atoms with Crippen LogP contribution in [0, 0.1) is 0 Å². The van der Waals surface area contributed by atoms with Gasteiger partial charge in [0.05, 0.1) is 13.2 Å². The lowest BCUT2D eigenvalue weighted by molar-refractivity contribution is -0.0656. The van der Waals surface area contributed by atoms with E-state index in [0.717, 1.165) is 0 Å². The van der Waals surface area contributed by atoms with Crippen molar-refractivity contribution in [2.24, 2.45) is 0 Å². The Morgan fingerprint density at radius 1 is 1.21 bits per heavy atom. The minimum absolute atomic E-state index is 0.227. The molecule has 0 radical (unpaired) electrons. The molecule has 0 atom stereocenters. The largest absolute Gasteiger partial charge is 0.411 e. The molecule has 0 unspecified atom stereocenters. The van der Waals surface area contributed by atoms with Gasteiger partial charge >= 0.3 is 8.56 Å². The summed E-state index contributed by atoms with van der Waals surface area (Å²) in [6.45, 7) is 3.46. The molecule has 5 nitrogen and oxygen atoms in total. The summed E-state index contributed by atoms with van der Waals surface area (Å²) in [5.74, 6) is 0. The van der Waals surface area contributed by atoms with Gasteiger partial charge in [0.15, 0.2) is 2.86 Å². The van der Waals surface area contributed by atoms with Gasteiger partial charge in [0.1, 0.15) is 6.79 Å². The van der Waals surface area contributed by atoms with Crippen LogP contribution in [0.5, 0.6) is 0 Å². The van der Waals surface area contributed by atoms with Crippen molar-refractivity contribution >= 4 is 8.56 Å². The zero-order valence-corrected chi connectivity index (χ0v) is 9.78. The number of hydrogen-bond acceptors (Lipinski definition) is 5. The van der Waals surface area contributed by atoms with Crippen molar-refractivity contribution in [1.82, 2.24) is 0 Å². The third-order valence-electron chi connectivity index (χ3n) is 1.52. The molecule has 0 heterocycles. The Labute approximate surface area is 88.8 Å². The lowest BCUT2D eigenvalue weighted by Crippen LogP contribution is -2.29. The van der Waals surface area contributed by atoms with Crippen LogP contribution in [-0.2, 0) is 14.2 Å². The third-order valence-corrected chi connectivity index (χ3v) is 2.78. The summed E-state index contributed by atoms with van der Waals surface area (Å²) in [4.78, 5) is 8.84. The van der Waals surface area contributed by atoms with Gasteiger partial charge in [0, 0.05) is 13.7 Å². The average molecular weight is 228 g/mol. The first kappa shape index (κ1) is 10.5. The van der Waals surface area contributed by atoms with Gasteiger partial charge in [-0.15, -0.1) is 0 Å². The van der Waals surface area contributed by atoms with Gasteiger partial charge < -0.3 is 23.8 Å². The van der Waals surface area contributed by atoms with Gasteiger partial charge in [0.2, 0.25) is 0 Å². The Morgan fingerprint density at radius 2 is 1.93 bits per heavy atom. The molecule has 14 heavy (non-hydrogen) atoms. The van der Waals surface area contributed by atoms with Crippen molar-refractivity contribution in [2.45, 2.75) is 19.0 Å². The lowest BCUT2D eigenvalue weighted by atomic mass is 10.5. The van der Waals surface area contributed by atoms with Gasteiger partial charge in [-0.3, -0.25) is 0 Å². The summed E-state index contributed by atoms with van der Waals surface area (Å²) in [6, 6.07) is 0.554. The molecule has 0 aromatic rings. The lowest BCUT2D eigenvalue weighted by Gasteiger charge is -2.11. The molecular formula is C8H20O5Si. The Hall–Kier alpha value is 0.0169. The van der Waals surface area contributed by atoms with Crippen LogP contribution in [-0.4, -0.2) is 54.7 Å². The van der Waals surface area contributed by atoms with Crippen LogP contribution >= 0.6 is 0 Å². The van der Waals surface area contributed by atoms with Crippen molar-refractivity contribution < 1.29 is 23.8 Å². The van der Waals surface area contributed by atoms with Crippen molar-refractivity contribution in [2.75, 3.05) is 33.7 Å². The smallest absolute Gasteiger partial charge is 0.329 e. The highest BCUT2D eigenvalue weighted by molar-refractivity contribution is 6.63. The van der Waals surface area contributed by atoms with E-state index in [1.54, 1.807) is 13.7 Å². The molecule has 0 saturated heterocycles. The topological polar surface area (TPSA) is 68.2 Å². The van der Waals surface area contributed by atoms with Crippen LogP contribution in [0.1, 0.15) is 6.42 Å². The van der Waals surface area contributed by atoms with Crippen molar-refractivity contribution in [3.8, 4) is 0 Å². The minimum Gasteiger partial charge on any atom is -0.411 e. The maximum atomic E-state index is 6.79. The second-order valence-electron chi connectivity index (χ2n) is 3.16. The van der Waals surface area contributed by atoms with Gasteiger partial charge in [0.25, 0.3) is 0 Å². The van der Waals surface area contributed by atoms with E-state index in [-0.39, 0.29) is 6.79 Å². The SMILES string of the molecule is [3H]O[Si](C)(CCCOCOCCOC)O[3H]. The Morgan fingerprint density at radius 3 is 2.57 bits per heavy atom. The van der Waals surface area contributed by atoms with Gasteiger partial charge in [-0.25, -0.2) is 0 Å². The summed E-state index contributed by atoms with van der Waals surface area (Å²) < 4.78 is 28.6. The molecule has 0 aliphatic carbocycles. The molecule has 6 heteroatoms. The molecule has 0 rings (SSSR count). The van der Waals surface area contributed by atoms with Crippen LogP contribution in [0.25, 0.3) is 0 Å². The summed E-state index contributed by atoms with van der Waals surface area (Å²) in [6.07, 6.45) is 0.689. The highest BCUT2D eigenvalue weighted by Gasteiger charge is 2.19. The number of hydrogen-bond donors (Lipinski definition) is 2. The standard InChI is InChI=1S/C8H20O5Si/c1-11-5-6-13-8-12-4-3-7-14(2,9)10/h9-10H,3-8H2,1-2H3/i9T,10T. The predicted octanol–water partition coefficient (Wildman–Crippen LogP) is 0.0702. The maximum Gasteiger partial charge on any atom is 0.329 e. The first-order chi connectivity index (χ1) is 7.68. The second-order valence-corrected chi connectivity index (χ2v) is 5.93. The summed E-state index contributed by atoms with van der Waals surface area (Å²) >= 11 is 0. The van der Waals surface area contributed by atoms with E-state index >= 15 is 0 Å².